The van der Waals surface area contributed by atoms with Gasteiger partial charge in [-0.3, -0.25) is 4.79 Å². The molecule has 0 aliphatic rings. The van der Waals surface area contributed by atoms with Gasteiger partial charge in [0.2, 0.25) is 0 Å². The lowest BCUT2D eigenvalue weighted by Crippen LogP contribution is -2.15. The molecular weight excluding hydrogens is 226 g/mol. The number of aromatic nitrogens is 2. The summed E-state index contributed by atoms with van der Waals surface area (Å²) in [6.07, 6.45) is 0. The van der Waals surface area contributed by atoms with Gasteiger partial charge < -0.3 is 4.98 Å². The summed E-state index contributed by atoms with van der Waals surface area (Å²) in [5, 5.41) is 0. The Hall–Kier alpha value is -2.04. The Morgan fingerprint density at radius 2 is 1.76 bits per heavy atom. The van der Waals surface area contributed by atoms with Crippen molar-refractivity contribution in [2.45, 2.75) is 13.8 Å². The van der Waals surface area contributed by atoms with Crippen molar-refractivity contribution in [3.63, 3.8) is 0 Å². The van der Waals surface area contributed by atoms with Gasteiger partial charge in [-0.05, 0) is 26.0 Å². The lowest BCUT2D eigenvalue weighted by atomic mass is 10.1. The molecule has 0 saturated carbocycles. The zero-order valence-electron chi connectivity index (χ0n) is 9.34. The molecule has 0 atom stereocenters. The first-order valence-corrected chi connectivity index (χ1v) is 5.02. The summed E-state index contributed by atoms with van der Waals surface area (Å²) in [6.45, 7) is 3.04. The third-order valence-corrected chi connectivity index (χ3v) is 2.47. The maximum absolute atomic E-state index is 13.6. The highest BCUT2D eigenvalue weighted by atomic mass is 19.1. The van der Waals surface area contributed by atoms with Crippen LogP contribution < -0.4 is 5.56 Å². The quantitative estimate of drug-likeness (QED) is 0.826. The molecule has 0 fully saturated rings. The summed E-state index contributed by atoms with van der Waals surface area (Å²) < 4.78 is 27.2. The molecule has 17 heavy (non-hydrogen) atoms. The standard InChI is InChI=1S/C12H10F2N2O/c1-6-11(15-7(2)16-12(6)17)10-8(13)4-3-5-9(10)14/h3-5H,1-2H3,(H,15,16,17). The fourth-order valence-electron chi connectivity index (χ4n) is 1.61. The average Bonchev–Trinajstić information content (AvgIpc) is 2.24. The third-order valence-electron chi connectivity index (χ3n) is 2.47. The van der Waals surface area contributed by atoms with Crippen LogP contribution in [0.15, 0.2) is 23.0 Å². The van der Waals surface area contributed by atoms with E-state index >= 15 is 0 Å². The van der Waals surface area contributed by atoms with Crippen molar-refractivity contribution in [1.29, 1.82) is 0 Å². The zero-order valence-corrected chi connectivity index (χ0v) is 9.34. The average molecular weight is 236 g/mol. The van der Waals surface area contributed by atoms with Crippen molar-refractivity contribution in [3.05, 3.63) is 51.6 Å². The van der Waals surface area contributed by atoms with Crippen LogP contribution in [0.3, 0.4) is 0 Å². The molecule has 1 heterocycles. The van der Waals surface area contributed by atoms with E-state index in [9.17, 15) is 13.6 Å². The molecule has 0 bridgehead atoms. The van der Waals surface area contributed by atoms with Crippen LogP contribution in [-0.4, -0.2) is 9.97 Å². The van der Waals surface area contributed by atoms with Crippen molar-refractivity contribution < 1.29 is 8.78 Å². The Labute approximate surface area is 96.2 Å². The highest BCUT2D eigenvalue weighted by molar-refractivity contribution is 5.63. The van der Waals surface area contributed by atoms with E-state index in [0.29, 0.717) is 5.82 Å². The number of aryl methyl sites for hydroxylation is 1. The molecule has 2 aromatic rings. The molecule has 2 rings (SSSR count). The fraction of sp³-hybridized carbons (Fsp3) is 0.167. The van der Waals surface area contributed by atoms with Crippen LogP contribution in [0.2, 0.25) is 0 Å². The van der Waals surface area contributed by atoms with Gasteiger partial charge in [0.15, 0.2) is 0 Å². The highest BCUT2D eigenvalue weighted by Gasteiger charge is 2.16. The molecule has 0 aliphatic heterocycles. The summed E-state index contributed by atoms with van der Waals surface area (Å²) in [7, 11) is 0. The number of aromatic amines is 1. The monoisotopic (exact) mass is 236 g/mol. The SMILES string of the molecule is Cc1nc(-c2c(F)cccc2F)c(C)c(=O)[nH]1. The van der Waals surface area contributed by atoms with Crippen LogP contribution >= 0.6 is 0 Å². The van der Waals surface area contributed by atoms with E-state index in [0.717, 1.165) is 12.1 Å². The van der Waals surface area contributed by atoms with Gasteiger partial charge in [0.25, 0.3) is 5.56 Å². The molecule has 88 valence electrons. The zero-order chi connectivity index (χ0) is 12.6. The minimum Gasteiger partial charge on any atom is -0.311 e. The minimum absolute atomic E-state index is 0.0434. The van der Waals surface area contributed by atoms with Crippen molar-refractivity contribution in [3.8, 4) is 11.3 Å². The largest absolute Gasteiger partial charge is 0.311 e. The van der Waals surface area contributed by atoms with Gasteiger partial charge in [0.05, 0.1) is 11.3 Å². The van der Waals surface area contributed by atoms with E-state index in [4.69, 9.17) is 0 Å². The smallest absolute Gasteiger partial charge is 0.254 e. The van der Waals surface area contributed by atoms with Gasteiger partial charge in [0, 0.05) is 5.56 Å². The Balaban J connectivity index is 2.82. The van der Waals surface area contributed by atoms with E-state index in [1.165, 1.54) is 13.0 Å². The number of benzene rings is 1. The van der Waals surface area contributed by atoms with Gasteiger partial charge in [0.1, 0.15) is 17.5 Å². The van der Waals surface area contributed by atoms with Crippen LogP contribution in [0.25, 0.3) is 11.3 Å². The topological polar surface area (TPSA) is 45.8 Å². The predicted octanol–water partition coefficient (Wildman–Crippen LogP) is 2.33. The first-order chi connectivity index (χ1) is 8.00. The Morgan fingerprint density at radius 1 is 1.18 bits per heavy atom. The van der Waals surface area contributed by atoms with Crippen molar-refractivity contribution in [1.82, 2.24) is 9.97 Å². The van der Waals surface area contributed by atoms with E-state index in [-0.39, 0.29) is 16.8 Å². The number of hydrogen-bond donors (Lipinski definition) is 1. The van der Waals surface area contributed by atoms with Crippen LogP contribution in [0.5, 0.6) is 0 Å². The third kappa shape index (κ3) is 1.95. The minimum atomic E-state index is -0.731. The molecule has 5 heteroatoms. The number of nitrogens with one attached hydrogen (secondary N) is 1. The van der Waals surface area contributed by atoms with E-state index in [2.05, 4.69) is 9.97 Å². The number of nitrogens with zero attached hydrogens (tertiary/aromatic N) is 1. The normalized spacial score (nSPS) is 10.6. The number of H-pyrrole nitrogens is 1. The lowest BCUT2D eigenvalue weighted by molar-refractivity contribution is 0.588. The van der Waals surface area contributed by atoms with Crippen molar-refractivity contribution >= 4 is 0 Å². The summed E-state index contributed by atoms with van der Waals surface area (Å²) in [5.41, 5.74) is -0.421. The molecule has 0 amide bonds. The summed E-state index contributed by atoms with van der Waals surface area (Å²) in [4.78, 5) is 18.0. The van der Waals surface area contributed by atoms with Crippen LogP contribution in [-0.2, 0) is 0 Å². The number of hydrogen-bond acceptors (Lipinski definition) is 2. The summed E-state index contributed by atoms with van der Waals surface area (Å²) in [6, 6.07) is 3.54. The van der Waals surface area contributed by atoms with E-state index < -0.39 is 17.2 Å². The van der Waals surface area contributed by atoms with Crippen molar-refractivity contribution in [2.24, 2.45) is 0 Å². The molecule has 0 unspecified atom stereocenters. The first kappa shape index (κ1) is 11.4. The summed E-state index contributed by atoms with van der Waals surface area (Å²) in [5.74, 6) is -1.14. The van der Waals surface area contributed by atoms with Crippen LogP contribution in [0.1, 0.15) is 11.4 Å². The predicted molar refractivity (Wildman–Crippen MR) is 59.7 cm³/mol. The molecule has 0 spiro atoms. The molecule has 1 aromatic carbocycles. The van der Waals surface area contributed by atoms with Gasteiger partial charge in [-0.2, -0.15) is 0 Å². The van der Waals surface area contributed by atoms with E-state index in [1.807, 2.05) is 0 Å². The molecule has 0 radical (unpaired) electrons. The maximum Gasteiger partial charge on any atom is 0.254 e. The van der Waals surface area contributed by atoms with Gasteiger partial charge in [-0.25, -0.2) is 13.8 Å². The van der Waals surface area contributed by atoms with Crippen LogP contribution in [0.4, 0.5) is 8.78 Å². The molecule has 0 saturated heterocycles. The van der Waals surface area contributed by atoms with Gasteiger partial charge >= 0.3 is 0 Å². The molecular formula is C12H10F2N2O. The Morgan fingerprint density at radius 3 is 2.35 bits per heavy atom. The van der Waals surface area contributed by atoms with Crippen LogP contribution in [0, 0.1) is 25.5 Å². The lowest BCUT2D eigenvalue weighted by Gasteiger charge is -2.07. The van der Waals surface area contributed by atoms with E-state index in [1.54, 1.807) is 6.92 Å². The Kier molecular flexibility index (Phi) is 2.75. The van der Waals surface area contributed by atoms with Crippen molar-refractivity contribution in [2.75, 3.05) is 0 Å². The van der Waals surface area contributed by atoms with Gasteiger partial charge in [-0.15, -0.1) is 0 Å². The fourth-order valence-corrected chi connectivity index (χ4v) is 1.61. The molecule has 1 aromatic heterocycles. The first-order valence-electron chi connectivity index (χ1n) is 5.02. The second-order valence-electron chi connectivity index (χ2n) is 3.72. The molecule has 3 nitrogen and oxygen atoms in total. The summed E-state index contributed by atoms with van der Waals surface area (Å²) >= 11 is 0. The second-order valence-corrected chi connectivity index (χ2v) is 3.72. The Bertz CT molecular complexity index is 615. The van der Waals surface area contributed by atoms with Gasteiger partial charge in [-0.1, -0.05) is 6.07 Å². The second kappa shape index (κ2) is 4.08. The highest BCUT2D eigenvalue weighted by Crippen LogP contribution is 2.25. The molecule has 0 aliphatic carbocycles. The molecule has 1 N–H and O–H groups in total. The number of halogens is 2. The maximum atomic E-state index is 13.6. The number of rotatable bonds is 1.